The van der Waals surface area contributed by atoms with Crippen molar-refractivity contribution in [1.82, 2.24) is 0 Å². The number of hydrogen-bond acceptors (Lipinski definition) is 0. The molecule has 0 aromatic carbocycles. The van der Waals surface area contributed by atoms with E-state index in [1.807, 2.05) is 0 Å². The van der Waals surface area contributed by atoms with E-state index in [0.717, 1.165) is 0 Å². The van der Waals surface area contributed by atoms with Crippen LogP contribution < -0.4 is 0 Å². The van der Waals surface area contributed by atoms with Crippen molar-refractivity contribution in [2.24, 2.45) is 0 Å². The second-order valence-corrected chi connectivity index (χ2v) is 27.9. The molecule has 0 N–H and O–H groups in total. The first kappa shape index (κ1) is 19.0. The van der Waals surface area contributed by atoms with Gasteiger partial charge in [0.1, 0.15) is 0 Å². The molecule has 0 unspecified atom stereocenters. The molecule has 0 fully saturated rings. The van der Waals surface area contributed by atoms with E-state index in [1.165, 1.54) is 51.4 Å². The Kier molecular flexibility index (Phi) is 10.4. The number of rotatable bonds is 12. The van der Waals surface area contributed by atoms with Gasteiger partial charge in [0, 0.05) is 0 Å². The molecule has 0 spiro atoms. The van der Waals surface area contributed by atoms with Gasteiger partial charge in [-0.3, -0.25) is 0 Å². The van der Waals surface area contributed by atoms with Crippen LogP contribution in [0, 0.1) is 0 Å². The summed E-state index contributed by atoms with van der Waals surface area (Å²) in [5.74, 6) is 0. The van der Waals surface area contributed by atoms with Crippen molar-refractivity contribution in [3.05, 3.63) is 0 Å². The van der Waals surface area contributed by atoms with Crippen LogP contribution in [0.25, 0.3) is 0 Å². The molecule has 2 heteroatoms. The summed E-state index contributed by atoms with van der Waals surface area (Å²) in [5.41, 5.74) is 0. The third-order valence-corrected chi connectivity index (χ3v) is 23.7. The summed E-state index contributed by atoms with van der Waals surface area (Å²) in [4.78, 5) is 0. The maximum atomic E-state index is 4.48. The summed E-state index contributed by atoms with van der Waals surface area (Å²) in [6.07, 6.45) is 11.3. The van der Waals surface area contributed by atoms with Crippen LogP contribution in [-0.2, 0) is 0 Å². The molecule has 0 saturated carbocycles. The van der Waals surface area contributed by atoms with Gasteiger partial charge in [-0.1, -0.05) is 0 Å². The topological polar surface area (TPSA) is 0 Å². The van der Waals surface area contributed by atoms with Gasteiger partial charge >= 0.3 is 124 Å². The van der Waals surface area contributed by atoms with Crippen LogP contribution >= 0.6 is 13.9 Å². The van der Waals surface area contributed by atoms with Crippen molar-refractivity contribution in [2.75, 3.05) is 0 Å². The Labute approximate surface area is 124 Å². The zero-order chi connectivity index (χ0) is 13.9. The number of hydrogen-bond donors (Lipinski definition) is 0. The molecule has 0 aromatic heterocycles. The Morgan fingerprint density at radius 1 is 0.556 bits per heavy atom. The first-order valence-electron chi connectivity index (χ1n) is 8.26. The van der Waals surface area contributed by atoms with Gasteiger partial charge in [0.15, 0.2) is 0 Å². The molecule has 0 saturated heterocycles. The van der Waals surface area contributed by atoms with Crippen molar-refractivity contribution < 1.29 is 0 Å². The second-order valence-electron chi connectivity index (χ2n) is 6.13. The summed E-state index contributed by atoms with van der Waals surface area (Å²) in [6, 6.07) is 0. The van der Waals surface area contributed by atoms with Crippen LogP contribution in [0.4, 0.5) is 0 Å². The van der Waals surface area contributed by atoms with Crippen molar-refractivity contribution >= 4 is 24.5 Å². The molecule has 112 valence electrons. The molecule has 0 nitrogen and oxygen atoms in total. The summed E-state index contributed by atoms with van der Waals surface area (Å²) >= 11 is 4.48. The van der Waals surface area contributed by atoms with Crippen molar-refractivity contribution in [3.8, 4) is 0 Å². The molecule has 0 rings (SSSR count). The van der Waals surface area contributed by atoms with Crippen molar-refractivity contribution in [2.45, 2.75) is 99.9 Å². The van der Waals surface area contributed by atoms with Crippen LogP contribution in [0.1, 0.15) is 79.1 Å². The molecule has 0 bridgehead atoms. The van der Waals surface area contributed by atoms with E-state index in [9.17, 15) is 0 Å². The Morgan fingerprint density at radius 2 is 0.778 bits per heavy atom. The fourth-order valence-corrected chi connectivity index (χ4v) is 20.2. The minimum atomic E-state index is -2.15. The van der Waals surface area contributed by atoms with E-state index < -0.39 is 10.6 Å². The van der Waals surface area contributed by atoms with Crippen LogP contribution in [0.2, 0.25) is 20.8 Å². The van der Waals surface area contributed by atoms with Crippen LogP contribution in [-0.4, -0.2) is 10.6 Å². The SMILES string of the molecule is CCCC[As](Br)(CCCC)(CCCC)CCCC. The zero-order valence-corrected chi connectivity index (χ0v) is 16.8. The molecule has 0 atom stereocenters. The minimum absolute atomic E-state index is 1.37. The van der Waals surface area contributed by atoms with E-state index in [-0.39, 0.29) is 0 Å². The summed E-state index contributed by atoms with van der Waals surface area (Å²) in [6.45, 7) is 9.39. The van der Waals surface area contributed by atoms with Gasteiger partial charge in [-0.15, -0.1) is 0 Å². The predicted molar refractivity (Wildman–Crippen MR) is 93.5 cm³/mol. The van der Waals surface area contributed by atoms with E-state index in [1.54, 1.807) is 20.8 Å². The monoisotopic (exact) mass is 382 g/mol. The van der Waals surface area contributed by atoms with Crippen molar-refractivity contribution in [1.29, 1.82) is 0 Å². The molecular formula is C16H36AsBr. The molecule has 0 aliphatic rings. The normalized spacial score (nSPS) is 14.4. The zero-order valence-electron chi connectivity index (χ0n) is 13.3. The first-order chi connectivity index (χ1) is 8.54. The average molecular weight is 383 g/mol. The van der Waals surface area contributed by atoms with E-state index in [4.69, 9.17) is 0 Å². The molecule has 0 amide bonds. The Bertz CT molecular complexity index is 160. The third-order valence-electron chi connectivity index (χ3n) is 4.28. The standard InChI is InChI=1S/C16H36AsBr/c1-5-9-13-17(18,14-10-6-2,15-11-7-3)16-12-8-4/h5-16H2,1-4H3. The molecule has 18 heavy (non-hydrogen) atoms. The van der Waals surface area contributed by atoms with Gasteiger partial charge in [0.05, 0.1) is 0 Å². The summed E-state index contributed by atoms with van der Waals surface area (Å²) in [7, 11) is -2.15. The number of halogens is 1. The molecular weight excluding hydrogens is 347 g/mol. The van der Waals surface area contributed by atoms with E-state index in [0.29, 0.717) is 0 Å². The van der Waals surface area contributed by atoms with Crippen LogP contribution in [0.15, 0.2) is 0 Å². The molecule has 0 aliphatic carbocycles. The Hall–Kier alpha value is 1.04. The van der Waals surface area contributed by atoms with Crippen LogP contribution in [0.3, 0.4) is 0 Å². The first-order valence-corrected chi connectivity index (χ1v) is 18.0. The van der Waals surface area contributed by atoms with Gasteiger partial charge in [-0.05, 0) is 0 Å². The quantitative estimate of drug-likeness (QED) is 0.307. The molecule has 0 aliphatic heterocycles. The Balaban J connectivity index is 4.82. The fourth-order valence-electron chi connectivity index (χ4n) is 2.88. The van der Waals surface area contributed by atoms with Gasteiger partial charge in [-0.2, -0.15) is 0 Å². The average Bonchev–Trinajstić information content (AvgIpc) is 2.40. The van der Waals surface area contributed by atoms with Gasteiger partial charge in [0.25, 0.3) is 0 Å². The summed E-state index contributed by atoms with van der Waals surface area (Å²) in [5, 5.41) is 6.20. The molecule has 0 heterocycles. The third kappa shape index (κ3) is 6.99. The van der Waals surface area contributed by atoms with E-state index in [2.05, 4.69) is 41.6 Å². The van der Waals surface area contributed by atoms with Gasteiger partial charge in [-0.25, -0.2) is 0 Å². The van der Waals surface area contributed by atoms with Crippen molar-refractivity contribution in [3.63, 3.8) is 0 Å². The molecule has 0 aromatic rings. The number of unbranched alkanes of at least 4 members (excludes halogenated alkanes) is 4. The summed E-state index contributed by atoms with van der Waals surface area (Å²) < 4.78 is 0. The van der Waals surface area contributed by atoms with Crippen LogP contribution in [0.5, 0.6) is 0 Å². The predicted octanol–water partition coefficient (Wildman–Crippen LogP) is 7.48. The fraction of sp³-hybridized carbons (Fsp3) is 1.00. The van der Waals surface area contributed by atoms with Gasteiger partial charge < -0.3 is 0 Å². The van der Waals surface area contributed by atoms with Gasteiger partial charge in [0.2, 0.25) is 0 Å². The second kappa shape index (κ2) is 9.87. The Morgan fingerprint density at radius 3 is 0.944 bits per heavy atom. The molecule has 0 radical (unpaired) electrons. The van der Waals surface area contributed by atoms with E-state index >= 15 is 0 Å². The maximum absolute atomic E-state index is 4.48.